The lowest BCUT2D eigenvalue weighted by molar-refractivity contribution is -0.120. The summed E-state index contributed by atoms with van der Waals surface area (Å²) >= 11 is 0. The second kappa shape index (κ2) is 7.91. The van der Waals surface area contributed by atoms with Crippen LogP contribution in [0.2, 0.25) is 0 Å². The number of ether oxygens (including phenoxy) is 2. The van der Waals surface area contributed by atoms with Crippen LogP contribution in [0, 0.1) is 0 Å². The summed E-state index contributed by atoms with van der Waals surface area (Å²) in [5, 5.41) is 6.82. The van der Waals surface area contributed by atoms with E-state index in [9.17, 15) is 4.79 Å². The lowest BCUT2D eigenvalue weighted by atomic mass is 10.0. The smallest absolute Gasteiger partial charge is 0.265 e. The fourth-order valence-electron chi connectivity index (χ4n) is 2.53. The minimum atomic E-state index is -0.256. The Morgan fingerprint density at radius 2 is 2.00 bits per heavy atom. The quantitative estimate of drug-likeness (QED) is 0.631. The Kier molecular flexibility index (Phi) is 5.41. The molecule has 0 unspecified atom stereocenters. The van der Waals surface area contributed by atoms with E-state index >= 15 is 0 Å². The molecule has 0 atom stereocenters. The number of fused-ring (bicyclic) bond motifs is 1. The Morgan fingerprint density at radius 3 is 2.81 bits per heavy atom. The zero-order valence-corrected chi connectivity index (χ0v) is 15.1. The van der Waals surface area contributed by atoms with Crippen molar-refractivity contribution in [3.8, 4) is 11.5 Å². The number of hydrogen-bond acceptors (Lipinski definition) is 5. The van der Waals surface area contributed by atoms with E-state index in [2.05, 4.69) is 24.3 Å². The van der Waals surface area contributed by atoms with E-state index in [1.165, 1.54) is 5.56 Å². The van der Waals surface area contributed by atoms with Crippen molar-refractivity contribution < 1.29 is 19.1 Å². The molecule has 1 N–H and O–H groups in total. The van der Waals surface area contributed by atoms with Gasteiger partial charge in [-0.3, -0.25) is 4.79 Å². The largest absolute Gasteiger partial charge is 0.454 e. The molecule has 0 fully saturated rings. The lowest BCUT2D eigenvalue weighted by Crippen LogP contribution is -2.17. The number of anilines is 1. The Hall–Kier alpha value is -3.02. The van der Waals surface area contributed by atoms with Gasteiger partial charge in [-0.25, -0.2) is 0 Å². The number of hydrogen-bond donors (Lipinski definition) is 1. The fourth-order valence-corrected chi connectivity index (χ4v) is 2.53. The molecule has 3 rings (SSSR count). The molecule has 0 radical (unpaired) electrons. The summed E-state index contributed by atoms with van der Waals surface area (Å²) in [6.07, 6.45) is 0. The summed E-state index contributed by atoms with van der Waals surface area (Å²) in [6, 6.07) is 13.3. The van der Waals surface area contributed by atoms with Crippen molar-refractivity contribution in [1.29, 1.82) is 0 Å². The van der Waals surface area contributed by atoms with Gasteiger partial charge in [-0.2, -0.15) is 0 Å². The van der Waals surface area contributed by atoms with Crippen molar-refractivity contribution in [1.82, 2.24) is 0 Å². The van der Waals surface area contributed by atoms with Crippen molar-refractivity contribution in [3.63, 3.8) is 0 Å². The van der Waals surface area contributed by atoms with Gasteiger partial charge in [0, 0.05) is 11.3 Å². The van der Waals surface area contributed by atoms with E-state index in [-0.39, 0.29) is 19.3 Å². The minimum Gasteiger partial charge on any atom is -0.454 e. The molecule has 0 bridgehead atoms. The maximum absolute atomic E-state index is 12.0. The summed E-state index contributed by atoms with van der Waals surface area (Å²) in [5.74, 6) is 1.54. The van der Waals surface area contributed by atoms with E-state index < -0.39 is 0 Å². The average Bonchev–Trinajstić information content (AvgIpc) is 3.09. The zero-order valence-electron chi connectivity index (χ0n) is 15.1. The molecule has 0 saturated heterocycles. The van der Waals surface area contributed by atoms with Crippen molar-refractivity contribution in [3.05, 3.63) is 53.6 Å². The molecule has 136 valence electrons. The van der Waals surface area contributed by atoms with Crippen molar-refractivity contribution >= 4 is 17.3 Å². The summed E-state index contributed by atoms with van der Waals surface area (Å²) < 4.78 is 10.6. The van der Waals surface area contributed by atoms with Crippen LogP contribution in [0.4, 0.5) is 5.69 Å². The highest BCUT2D eigenvalue weighted by molar-refractivity contribution is 5.99. The van der Waals surface area contributed by atoms with Crippen molar-refractivity contribution in [2.45, 2.75) is 26.7 Å². The molecule has 2 aromatic rings. The first-order valence-corrected chi connectivity index (χ1v) is 8.49. The van der Waals surface area contributed by atoms with Gasteiger partial charge in [0.2, 0.25) is 6.79 Å². The van der Waals surface area contributed by atoms with Crippen LogP contribution in [0.5, 0.6) is 11.5 Å². The third kappa shape index (κ3) is 4.33. The standard InChI is InChI=1S/C20H22N2O4/c1-13(2)15-5-4-6-17(9-15)21-20(23)11-26-22-14(3)16-7-8-18-19(10-16)25-12-24-18/h4-10,13H,11-12H2,1-3H3,(H,21,23)/b22-14-. The van der Waals surface area contributed by atoms with Crippen molar-refractivity contribution in [2.24, 2.45) is 5.16 Å². The number of carbonyl (C=O) groups is 1. The van der Waals surface area contributed by atoms with Gasteiger partial charge < -0.3 is 19.6 Å². The molecule has 0 aliphatic carbocycles. The highest BCUT2D eigenvalue weighted by atomic mass is 16.7. The predicted octanol–water partition coefficient (Wildman–Crippen LogP) is 3.92. The molecule has 0 spiro atoms. The topological polar surface area (TPSA) is 69.2 Å². The second-order valence-electron chi connectivity index (χ2n) is 6.35. The van der Waals surface area contributed by atoms with Gasteiger partial charge in [-0.1, -0.05) is 31.1 Å². The van der Waals surface area contributed by atoms with Crippen molar-refractivity contribution in [2.75, 3.05) is 18.7 Å². The van der Waals surface area contributed by atoms with Crippen LogP contribution < -0.4 is 14.8 Å². The molecule has 6 heteroatoms. The predicted molar refractivity (Wildman–Crippen MR) is 99.9 cm³/mol. The van der Waals surface area contributed by atoms with Crippen LogP contribution in [0.3, 0.4) is 0 Å². The van der Waals surface area contributed by atoms with E-state index in [1.54, 1.807) is 0 Å². The third-order valence-corrected chi connectivity index (χ3v) is 4.02. The Balaban J connectivity index is 1.54. The molecule has 0 saturated carbocycles. The molecule has 0 aromatic heterocycles. The van der Waals surface area contributed by atoms with Crippen LogP contribution >= 0.6 is 0 Å². The number of rotatable bonds is 6. The fraction of sp³-hybridized carbons (Fsp3) is 0.300. The lowest BCUT2D eigenvalue weighted by Gasteiger charge is -2.09. The molecular weight excluding hydrogens is 332 g/mol. The van der Waals surface area contributed by atoms with Crippen LogP contribution in [0.1, 0.15) is 37.8 Å². The van der Waals surface area contributed by atoms with E-state index in [4.69, 9.17) is 14.3 Å². The number of nitrogens with one attached hydrogen (secondary N) is 1. The number of oxime groups is 1. The van der Waals surface area contributed by atoms with E-state index in [0.29, 0.717) is 23.1 Å². The average molecular weight is 354 g/mol. The maximum Gasteiger partial charge on any atom is 0.265 e. The number of benzene rings is 2. The molecule has 1 heterocycles. The zero-order chi connectivity index (χ0) is 18.5. The summed E-state index contributed by atoms with van der Waals surface area (Å²) in [7, 11) is 0. The number of nitrogens with zero attached hydrogens (tertiary/aromatic N) is 1. The third-order valence-electron chi connectivity index (χ3n) is 4.02. The minimum absolute atomic E-state index is 0.159. The van der Waals surface area contributed by atoms with Gasteiger partial charge in [-0.05, 0) is 48.7 Å². The first-order valence-electron chi connectivity index (χ1n) is 8.49. The van der Waals surface area contributed by atoms with E-state index in [0.717, 1.165) is 11.3 Å². The molecule has 1 aliphatic rings. The monoisotopic (exact) mass is 354 g/mol. The first kappa shape index (κ1) is 17.8. The molecule has 2 aromatic carbocycles. The normalized spacial score (nSPS) is 13.0. The summed E-state index contributed by atoms with van der Waals surface area (Å²) in [5.41, 5.74) is 3.42. The SMILES string of the molecule is C/C(=N/OCC(=O)Nc1cccc(C(C)C)c1)c1ccc2c(c1)OCO2. The Labute approximate surface area is 152 Å². The van der Waals surface area contributed by atoms with E-state index in [1.807, 2.05) is 49.4 Å². The van der Waals surface area contributed by atoms with Gasteiger partial charge >= 0.3 is 0 Å². The second-order valence-corrected chi connectivity index (χ2v) is 6.35. The molecule has 1 amide bonds. The molecular formula is C20H22N2O4. The first-order chi connectivity index (χ1) is 12.5. The molecule has 1 aliphatic heterocycles. The van der Waals surface area contributed by atoms with Gasteiger partial charge in [0.1, 0.15) is 0 Å². The highest BCUT2D eigenvalue weighted by Gasteiger charge is 2.14. The molecule has 6 nitrogen and oxygen atoms in total. The van der Waals surface area contributed by atoms with Gasteiger partial charge in [0.25, 0.3) is 5.91 Å². The Bertz CT molecular complexity index is 830. The summed E-state index contributed by atoms with van der Waals surface area (Å²) in [4.78, 5) is 17.2. The number of carbonyl (C=O) groups excluding carboxylic acids is 1. The highest BCUT2D eigenvalue weighted by Crippen LogP contribution is 2.32. The molecule has 26 heavy (non-hydrogen) atoms. The van der Waals surface area contributed by atoms with Gasteiger partial charge in [-0.15, -0.1) is 0 Å². The maximum atomic E-state index is 12.0. The van der Waals surface area contributed by atoms with Crippen LogP contribution in [-0.4, -0.2) is 25.0 Å². The number of amides is 1. The Morgan fingerprint density at radius 1 is 1.19 bits per heavy atom. The van der Waals surface area contributed by atoms with Crippen LogP contribution in [0.25, 0.3) is 0 Å². The van der Waals surface area contributed by atoms with Crippen LogP contribution in [0.15, 0.2) is 47.6 Å². The van der Waals surface area contributed by atoms with Gasteiger partial charge in [0.05, 0.1) is 5.71 Å². The van der Waals surface area contributed by atoms with Gasteiger partial charge in [0.15, 0.2) is 18.1 Å². The van der Waals surface area contributed by atoms with Crippen LogP contribution in [-0.2, 0) is 9.63 Å². The summed E-state index contributed by atoms with van der Waals surface area (Å²) in [6.45, 7) is 6.09.